The van der Waals surface area contributed by atoms with Gasteiger partial charge in [0, 0.05) is 25.0 Å². The van der Waals surface area contributed by atoms with Crippen LogP contribution in [-0.4, -0.2) is 45.4 Å². The van der Waals surface area contributed by atoms with E-state index in [-0.39, 0.29) is 17.4 Å². The Hall–Kier alpha value is -3.71. The van der Waals surface area contributed by atoms with Crippen LogP contribution < -0.4 is 10.2 Å². The lowest BCUT2D eigenvalue weighted by Crippen LogP contribution is -2.43. The second-order valence-corrected chi connectivity index (χ2v) is 12.2. The molecule has 0 radical (unpaired) electrons. The first-order chi connectivity index (χ1) is 18.5. The third-order valence-electron chi connectivity index (χ3n) is 7.78. The molecule has 2 aliphatic heterocycles. The molecule has 2 saturated heterocycles. The highest BCUT2D eigenvalue weighted by Crippen LogP contribution is 2.34. The summed E-state index contributed by atoms with van der Waals surface area (Å²) >= 11 is 0. The minimum atomic E-state index is -0.972. The highest BCUT2D eigenvalue weighted by Gasteiger charge is 2.51. The van der Waals surface area contributed by atoms with Gasteiger partial charge in [-0.05, 0) is 98.3 Å². The molecule has 0 saturated carbocycles. The van der Waals surface area contributed by atoms with Crippen LogP contribution in [0.1, 0.15) is 64.2 Å². The third-order valence-corrected chi connectivity index (χ3v) is 7.78. The molecule has 1 N–H and O–H groups in total. The Balaban J connectivity index is 1.31. The summed E-state index contributed by atoms with van der Waals surface area (Å²) < 4.78 is 0. The maximum atomic E-state index is 13.6. The molecule has 0 unspecified atom stereocenters. The molecule has 2 aromatic carbocycles. The van der Waals surface area contributed by atoms with E-state index in [1.54, 1.807) is 11.1 Å². The highest BCUT2D eigenvalue weighted by atomic mass is 16.2. The molecular formula is C32H39N5O2. The summed E-state index contributed by atoms with van der Waals surface area (Å²) in [5, 5.41) is 3.42. The largest absolute Gasteiger partial charge is 0.340 e. The van der Waals surface area contributed by atoms with Gasteiger partial charge in [0.1, 0.15) is 11.4 Å². The standard InChI is InChI=1S/C32H39N5O2/c1-31(2,3)25-11-13-27(14-12-25)37-29(38)32(4,5)36(30(37)39)22-24-15-16-33-28(20-24)34-26-10-8-9-23(19-26)21-35-17-6-7-18-35/h8-16,19-20H,6-7,17-18,21-22H2,1-5H3,(H,33,34). The van der Waals surface area contributed by atoms with E-state index in [9.17, 15) is 9.59 Å². The van der Waals surface area contributed by atoms with Crippen molar-refractivity contribution < 1.29 is 9.59 Å². The zero-order chi connectivity index (χ0) is 27.8. The Bertz CT molecular complexity index is 1350. The molecule has 3 aromatic rings. The monoisotopic (exact) mass is 525 g/mol. The van der Waals surface area contributed by atoms with Crippen molar-refractivity contribution in [1.29, 1.82) is 0 Å². The number of likely N-dealkylation sites (tertiary alicyclic amines) is 1. The first kappa shape index (κ1) is 26.9. The van der Waals surface area contributed by atoms with E-state index in [4.69, 9.17) is 0 Å². The quantitative estimate of drug-likeness (QED) is 0.358. The smallest absolute Gasteiger partial charge is 0.332 e. The van der Waals surface area contributed by atoms with Crippen molar-refractivity contribution in [3.8, 4) is 0 Å². The average molecular weight is 526 g/mol. The summed E-state index contributed by atoms with van der Waals surface area (Å²) in [6.45, 7) is 13.6. The van der Waals surface area contributed by atoms with Gasteiger partial charge in [-0.3, -0.25) is 9.69 Å². The fraction of sp³-hybridized carbons (Fsp3) is 0.406. The third kappa shape index (κ3) is 5.69. The van der Waals surface area contributed by atoms with Crippen molar-refractivity contribution in [2.45, 2.75) is 71.5 Å². The lowest BCUT2D eigenvalue weighted by atomic mass is 9.87. The van der Waals surface area contributed by atoms with Gasteiger partial charge in [-0.25, -0.2) is 14.7 Å². The predicted octanol–water partition coefficient (Wildman–Crippen LogP) is 6.47. The molecule has 2 fully saturated rings. The molecule has 1 aromatic heterocycles. The van der Waals surface area contributed by atoms with Crippen LogP contribution >= 0.6 is 0 Å². The number of carbonyl (C=O) groups excluding carboxylic acids is 2. The number of benzene rings is 2. The Morgan fingerprint density at radius 1 is 0.897 bits per heavy atom. The number of pyridine rings is 1. The number of aromatic nitrogens is 1. The number of anilines is 3. The molecule has 7 nitrogen and oxygen atoms in total. The van der Waals surface area contributed by atoms with Crippen molar-refractivity contribution in [2.75, 3.05) is 23.3 Å². The molecule has 39 heavy (non-hydrogen) atoms. The van der Waals surface area contributed by atoms with E-state index in [0.717, 1.165) is 36.4 Å². The molecular weight excluding hydrogens is 486 g/mol. The number of rotatable bonds is 7. The lowest BCUT2D eigenvalue weighted by molar-refractivity contribution is -0.123. The number of hydrogen-bond donors (Lipinski definition) is 1. The number of amides is 3. The molecule has 0 atom stereocenters. The number of hydrogen-bond acceptors (Lipinski definition) is 5. The van der Waals surface area contributed by atoms with Crippen molar-refractivity contribution in [1.82, 2.24) is 14.8 Å². The van der Waals surface area contributed by atoms with E-state index in [1.807, 2.05) is 56.3 Å². The summed E-state index contributed by atoms with van der Waals surface area (Å²) in [6, 6.07) is 19.7. The van der Waals surface area contributed by atoms with E-state index < -0.39 is 5.54 Å². The van der Waals surface area contributed by atoms with Crippen LogP contribution in [0, 0.1) is 0 Å². The zero-order valence-corrected chi connectivity index (χ0v) is 23.7. The molecule has 5 rings (SSSR count). The summed E-state index contributed by atoms with van der Waals surface area (Å²) in [7, 11) is 0. The van der Waals surface area contributed by atoms with Gasteiger partial charge in [-0.1, -0.05) is 45.0 Å². The fourth-order valence-corrected chi connectivity index (χ4v) is 5.36. The number of nitrogens with one attached hydrogen (secondary N) is 1. The lowest BCUT2D eigenvalue weighted by Gasteiger charge is -2.27. The molecule has 2 aliphatic rings. The van der Waals surface area contributed by atoms with Gasteiger partial charge in [0.25, 0.3) is 5.91 Å². The first-order valence-corrected chi connectivity index (χ1v) is 13.8. The minimum absolute atomic E-state index is 0.00878. The summed E-state index contributed by atoms with van der Waals surface area (Å²) in [5.74, 6) is 0.481. The van der Waals surface area contributed by atoms with Gasteiger partial charge in [0.05, 0.1) is 5.69 Å². The first-order valence-electron chi connectivity index (χ1n) is 13.8. The Kier molecular flexibility index (Phi) is 7.21. The van der Waals surface area contributed by atoms with Gasteiger partial charge in [-0.15, -0.1) is 0 Å². The summed E-state index contributed by atoms with van der Waals surface area (Å²) in [5.41, 5.74) is 3.93. The van der Waals surface area contributed by atoms with Gasteiger partial charge in [0.15, 0.2) is 0 Å². The molecule has 3 heterocycles. The highest BCUT2D eigenvalue weighted by molar-refractivity contribution is 6.22. The van der Waals surface area contributed by atoms with E-state index >= 15 is 0 Å². The maximum absolute atomic E-state index is 13.6. The Morgan fingerprint density at radius 3 is 2.28 bits per heavy atom. The second-order valence-electron chi connectivity index (χ2n) is 12.2. The fourth-order valence-electron chi connectivity index (χ4n) is 5.36. The van der Waals surface area contributed by atoms with Crippen molar-refractivity contribution >= 4 is 29.1 Å². The summed E-state index contributed by atoms with van der Waals surface area (Å²) in [4.78, 5) is 36.9. The Morgan fingerprint density at radius 2 is 1.59 bits per heavy atom. The zero-order valence-electron chi connectivity index (χ0n) is 23.7. The van der Waals surface area contributed by atoms with Crippen LogP contribution in [0.3, 0.4) is 0 Å². The molecule has 0 spiro atoms. The van der Waals surface area contributed by atoms with E-state index in [1.165, 1.54) is 23.3 Å². The molecule has 0 bridgehead atoms. The van der Waals surface area contributed by atoms with Crippen LogP contribution in [0.25, 0.3) is 0 Å². The van der Waals surface area contributed by atoms with Crippen molar-refractivity contribution in [3.63, 3.8) is 0 Å². The molecule has 204 valence electrons. The number of urea groups is 1. The molecule has 7 heteroatoms. The summed E-state index contributed by atoms with van der Waals surface area (Å²) in [6.07, 6.45) is 4.29. The second kappa shape index (κ2) is 10.5. The number of carbonyl (C=O) groups is 2. The maximum Gasteiger partial charge on any atom is 0.332 e. The van der Waals surface area contributed by atoms with E-state index in [0.29, 0.717) is 18.1 Å². The number of imide groups is 1. The number of nitrogens with zero attached hydrogens (tertiary/aromatic N) is 4. The van der Waals surface area contributed by atoms with E-state index in [2.05, 4.69) is 54.2 Å². The van der Waals surface area contributed by atoms with Crippen LogP contribution in [0.5, 0.6) is 0 Å². The topological polar surface area (TPSA) is 68.8 Å². The molecule has 0 aliphatic carbocycles. The van der Waals surface area contributed by atoms with Crippen LogP contribution in [0.4, 0.5) is 22.0 Å². The van der Waals surface area contributed by atoms with Crippen molar-refractivity contribution in [3.05, 3.63) is 83.6 Å². The van der Waals surface area contributed by atoms with Gasteiger partial charge in [-0.2, -0.15) is 0 Å². The van der Waals surface area contributed by atoms with Crippen LogP contribution in [0.2, 0.25) is 0 Å². The predicted molar refractivity (Wildman–Crippen MR) is 156 cm³/mol. The average Bonchev–Trinajstić information content (AvgIpc) is 3.45. The van der Waals surface area contributed by atoms with Crippen LogP contribution in [-0.2, 0) is 23.3 Å². The van der Waals surface area contributed by atoms with Gasteiger partial charge < -0.3 is 10.2 Å². The van der Waals surface area contributed by atoms with Crippen LogP contribution in [0.15, 0.2) is 66.9 Å². The molecule has 3 amide bonds. The SMILES string of the molecule is CC(C)(C)c1ccc(N2C(=O)N(Cc3ccnc(Nc4cccc(CN5CCCC5)c4)c3)C(C)(C)C2=O)cc1. The van der Waals surface area contributed by atoms with Gasteiger partial charge >= 0.3 is 6.03 Å². The van der Waals surface area contributed by atoms with Gasteiger partial charge in [0.2, 0.25) is 0 Å². The minimum Gasteiger partial charge on any atom is -0.340 e. The van der Waals surface area contributed by atoms with Crippen molar-refractivity contribution in [2.24, 2.45) is 0 Å². The normalized spacial score (nSPS) is 17.8. The Labute approximate surface area is 231 Å².